The summed E-state index contributed by atoms with van der Waals surface area (Å²) in [5.74, 6) is 0.0692. The number of allylic oxidation sites excluding steroid dienone is 2. The molecule has 0 saturated heterocycles. The Kier molecular flexibility index (Phi) is 4.04. The number of hydrazine groups is 1. The number of nitrogens with one attached hydrogen (secondary N) is 2. The van der Waals surface area contributed by atoms with Gasteiger partial charge in [0.25, 0.3) is 0 Å². The Morgan fingerprint density at radius 2 is 1.94 bits per heavy atom. The van der Waals surface area contributed by atoms with E-state index >= 15 is 0 Å². The van der Waals surface area contributed by atoms with E-state index in [1.54, 1.807) is 20.8 Å². The minimum atomic E-state index is -0.556. The summed E-state index contributed by atoms with van der Waals surface area (Å²) in [7, 11) is 0. The molecule has 0 radical (unpaired) electrons. The van der Waals surface area contributed by atoms with Crippen LogP contribution < -0.4 is 10.9 Å². The van der Waals surface area contributed by atoms with Gasteiger partial charge >= 0.3 is 6.09 Å². The van der Waals surface area contributed by atoms with Crippen LogP contribution >= 0.6 is 0 Å². The fourth-order valence-electron chi connectivity index (χ4n) is 1.86. The van der Waals surface area contributed by atoms with Crippen molar-refractivity contribution in [1.29, 1.82) is 0 Å². The van der Waals surface area contributed by atoms with Gasteiger partial charge in [0.15, 0.2) is 5.78 Å². The van der Waals surface area contributed by atoms with E-state index < -0.39 is 11.7 Å². The molecule has 0 bridgehead atoms. The summed E-state index contributed by atoms with van der Waals surface area (Å²) in [6.07, 6.45) is 2.22. The van der Waals surface area contributed by atoms with Gasteiger partial charge in [-0.2, -0.15) is 0 Å². The van der Waals surface area contributed by atoms with Crippen LogP contribution in [0.25, 0.3) is 0 Å². The lowest BCUT2D eigenvalue weighted by Gasteiger charge is -2.29. The third-order valence-electron chi connectivity index (χ3n) is 2.38. The summed E-state index contributed by atoms with van der Waals surface area (Å²) in [6, 6.07) is 0. The molecule has 5 heteroatoms. The van der Waals surface area contributed by atoms with Crippen molar-refractivity contribution in [3.05, 3.63) is 11.8 Å². The topological polar surface area (TPSA) is 67.4 Å². The molecule has 0 aliphatic heterocycles. The van der Waals surface area contributed by atoms with Crippen LogP contribution in [-0.2, 0) is 9.53 Å². The van der Waals surface area contributed by atoms with Gasteiger partial charge in [-0.25, -0.2) is 10.2 Å². The molecular weight excluding hydrogens is 232 g/mol. The van der Waals surface area contributed by atoms with E-state index in [4.69, 9.17) is 4.74 Å². The molecule has 0 aromatic heterocycles. The fraction of sp³-hybridized carbons (Fsp3) is 0.692. The largest absolute Gasteiger partial charge is 0.443 e. The number of hydrogen-bond acceptors (Lipinski definition) is 4. The van der Waals surface area contributed by atoms with E-state index in [9.17, 15) is 9.59 Å². The molecule has 1 aliphatic rings. The lowest BCUT2D eigenvalue weighted by atomic mass is 9.79. The Balaban J connectivity index is 2.49. The smallest absolute Gasteiger partial charge is 0.426 e. The van der Waals surface area contributed by atoms with Crippen LogP contribution in [0.2, 0.25) is 0 Å². The molecule has 1 rings (SSSR count). The summed E-state index contributed by atoms with van der Waals surface area (Å²) in [5.41, 5.74) is 5.27. The summed E-state index contributed by atoms with van der Waals surface area (Å²) in [5, 5.41) is 0. The van der Waals surface area contributed by atoms with Crippen molar-refractivity contribution in [3.8, 4) is 0 Å². The predicted octanol–water partition coefficient (Wildman–Crippen LogP) is 2.29. The molecule has 0 heterocycles. The Morgan fingerprint density at radius 3 is 2.44 bits per heavy atom. The second kappa shape index (κ2) is 5.00. The molecule has 0 fully saturated rings. The Labute approximate surface area is 108 Å². The van der Waals surface area contributed by atoms with Gasteiger partial charge in [0.2, 0.25) is 0 Å². The van der Waals surface area contributed by atoms with Crippen molar-refractivity contribution < 1.29 is 14.3 Å². The highest BCUT2D eigenvalue weighted by atomic mass is 16.6. The van der Waals surface area contributed by atoms with Crippen LogP contribution in [0, 0.1) is 5.41 Å². The number of rotatable bonds is 2. The summed E-state index contributed by atoms with van der Waals surface area (Å²) in [4.78, 5) is 22.9. The molecule has 0 saturated carbocycles. The first-order valence-electron chi connectivity index (χ1n) is 6.06. The van der Waals surface area contributed by atoms with E-state index in [0.717, 1.165) is 0 Å². The second-order valence-corrected chi connectivity index (χ2v) is 6.41. The molecule has 0 aromatic carbocycles. The van der Waals surface area contributed by atoms with Gasteiger partial charge in [0.1, 0.15) is 5.60 Å². The average Bonchev–Trinajstić information content (AvgIpc) is 2.08. The lowest BCUT2D eigenvalue weighted by Crippen LogP contribution is -2.42. The van der Waals surface area contributed by atoms with Crippen LogP contribution in [-0.4, -0.2) is 17.5 Å². The molecular formula is C13H22N2O3. The quantitative estimate of drug-likeness (QED) is 0.742. The zero-order chi connectivity index (χ0) is 14.0. The van der Waals surface area contributed by atoms with Gasteiger partial charge in [-0.3, -0.25) is 10.2 Å². The third-order valence-corrected chi connectivity index (χ3v) is 2.38. The molecule has 2 N–H and O–H groups in total. The van der Waals surface area contributed by atoms with Crippen LogP contribution in [0.15, 0.2) is 11.8 Å². The monoisotopic (exact) mass is 254 g/mol. The maximum Gasteiger partial charge on any atom is 0.426 e. The van der Waals surface area contributed by atoms with E-state index in [1.165, 1.54) is 6.08 Å². The molecule has 5 nitrogen and oxygen atoms in total. The number of amides is 1. The molecule has 1 amide bonds. The summed E-state index contributed by atoms with van der Waals surface area (Å²) >= 11 is 0. The molecule has 18 heavy (non-hydrogen) atoms. The second-order valence-electron chi connectivity index (χ2n) is 6.41. The third kappa shape index (κ3) is 5.21. The fourth-order valence-corrected chi connectivity index (χ4v) is 1.86. The first kappa shape index (κ1) is 14.5. The zero-order valence-electron chi connectivity index (χ0n) is 11.7. The highest BCUT2D eigenvalue weighted by Crippen LogP contribution is 2.32. The van der Waals surface area contributed by atoms with Gasteiger partial charge in [-0.15, -0.1) is 0 Å². The minimum Gasteiger partial charge on any atom is -0.443 e. The summed E-state index contributed by atoms with van der Waals surface area (Å²) in [6.45, 7) is 9.41. The van der Waals surface area contributed by atoms with Crippen molar-refractivity contribution in [2.75, 3.05) is 0 Å². The Morgan fingerprint density at radius 1 is 1.33 bits per heavy atom. The molecule has 1 aliphatic carbocycles. The van der Waals surface area contributed by atoms with E-state index in [1.807, 2.05) is 13.8 Å². The van der Waals surface area contributed by atoms with Crippen molar-refractivity contribution in [3.63, 3.8) is 0 Å². The minimum absolute atomic E-state index is 0.0692. The van der Waals surface area contributed by atoms with Crippen molar-refractivity contribution in [2.45, 2.75) is 53.1 Å². The number of carbonyl (C=O) groups is 2. The molecule has 0 spiro atoms. The summed E-state index contributed by atoms with van der Waals surface area (Å²) < 4.78 is 5.08. The lowest BCUT2D eigenvalue weighted by molar-refractivity contribution is -0.117. The normalized spacial score (nSPS) is 18.9. The number of ketones is 1. The van der Waals surface area contributed by atoms with Crippen LogP contribution in [0.4, 0.5) is 4.79 Å². The first-order chi connectivity index (χ1) is 8.07. The first-order valence-corrected chi connectivity index (χ1v) is 6.06. The zero-order valence-corrected chi connectivity index (χ0v) is 11.7. The highest BCUT2D eigenvalue weighted by molar-refractivity contribution is 5.91. The maximum absolute atomic E-state index is 11.5. The van der Waals surface area contributed by atoms with E-state index in [-0.39, 0.29) is 11.2 Å². The predicted molar refractivity (Wildman–Crippen MR) is 68.6 cm³/mol. The standard InChI is InChI=1S/C13H22N2O3/c1-12(2,3)18-11(17)15-14-9-6-10(16)8-13(4,5)7-9/h6,14H,7-8H2,1-5H3,(H,15,17). The number of hydrogen-bond donors (Lipinski definition) is 2. The Hall–Kier alpha value is -1.52. The van der Waals surface area contributed by atoms with Crippen molar-refractivity contribution in [2.24, 2.45) is 5.41 Å². The van der Waals surface area contributed by atoms with Gasteiger partial charge in [-0.1, -0.05) is 13.8 Å². The maximum atomic E-state index is 11.5. The average molecular weight is 254 g/mol. The van der Waals surface area contributed by atoms with Crippen molar-refractivity contribution in [1.82, 2.24) is 10.9 Å². The van der Waals surface area contributed by atoms with Crippen LogP contribution in [0.1, 0.15) is 47.5 Å². The van der Waals surface area contributed by atoms with Crippen LogP contribution in [0.5, 0.6) is 0 Å². The number of ether oxygens (including phenoxy) is 1. The highest BCUT2D eigenvalue weighted by Gasteiger charge is 2.27. The van der Waals surface area contributed by atoms with E-state index in [0.29, 0.717) is 18.5 Å². The van der Waals surface area contributed by atoms with Gasteiger partial charge in [0.05, 0.1) is 0 Å². The molecule has 102 valence electrons. The SMILES string of the molecule is CC1(C)CC(=O)C=C(NNC(=O)OC(C)(C)C)C1. The van der Waals surface area contributed by atoms with Crippen LogP contribution in [0.3, 0.4) is 0 Å². The molecule has 0 aromatic rings. The number of carbonyl (C=O) groups excluding carboxylic acids is 2. The van der Waals surface area contributed by atoms with Crippen molar-refractivity contribution >= 4 is 11.9 Å². The van der Waals surface area contributed by atoms with Gasteiger partial charge < -0.3 is 4.74 Å². The van der Waals surface area contributed by atoms with Gasteiger partial charge in [-0.05, 0) is 32.6 Å². The van der Waals surface area contributed by atoms with E-state index in [2.05, 4.69) is 10.9 Å². The molecule has 0 atom stereocenters. The Bertz CT molecular complexity index is 378. The molecule has 0 unspecified atom stereocenters. The van der Waals surface area contributed by atoms with Gasteiger partial charge in [0, 0.05) is 18.2 Å².